The van der Waals surface area contributed by atoms with Crippen LogP contribution in [0.15, 0.2) is 18.2 Å². The van der Waals surface area contributed by atoms with E-state index in [2.05, 4.69) is 10.6 Å². The Kier molecular flexibility index (Phi) is 2.76. The molecule has 5 nitrogen and oxygen atoms in total. The minimum Gasteiger partial charge on any atom is -0.379 e. The van der Waals surface area contributed by atoms with Crippen molar-refractivity contribution in [1.29, 1.82) is 0 Å². The molecule has 1 atom stereocenters. The number of hydrogen-bond donors (Lipinski definition) is 2. The molecule has 18 heavy (non-hydrogen) atoms. The van der Waals surface area contributed by atoms with Gasteiger partial charge in [-0.15, -0.1) is 0 Å². The van der Waals surface area contributed by atoms with Crippen LogP contribution < -0.4 is 10.6 Å². The van der Waals surface area contributed by atoms with Crippen LogP contribution in [0.5, 0.6) is 0 Å². The van der Waals surface area contributed by atoms with Gasteiger partial charge in [-0.05, 0) is 30.2 Å². The van der Waals surface area contributed by atoms with E-state index in [-0.39, 0.29) is 17.9 Å². The number of anilines is 1. The van der Waals surface area contributed by atoms with Crippen molar-refractivity contribution in [3.63, 3.8) is 0 Å². The highest BCUT2D eigenvalue weighted by atomic mass is 16.5. The van der Waals surface area contributed by atoms with Crippen LogP contribution in [0, 0.1) is 0 Å². The van der Waals surface area contributed by atoms with Crippen molar-refractivity contribution in [2.24, 2.45) is 0 Å². The number of benzene rings is 1. The van der Waals surface area contributed by atoms with Crippen LogP contribution in [0.25, 0.3) is 0 Å². The molecule has 1 saturated heterocycles. The number of carbonyl (C=O) groups excluding carboxylic acids is 2. The van der Waals surface area contributed by atoms with Crippen LogP contribution in [-0.4, -0.2) is 31.1 Å². The minimum atomic E-state index is -0.104. The number of amides is 2. The first-order chi connectivity index (χ1) is 8.72. The number of fused-ring (bicyclic) bond motifs is 1. The van der Waals surface area contributed by atoms with Gasteiger partial charge in [0.1, 0.15) is 0 Å². The Morgan fingerprint density at radius 1 is 1.44 bits per heavy atom. The molecule has 2 aliphatic heterocycles. The molecule has 0 radical (unpaired) electrons. The molecule has 94 valence electrons. The van der Waals surface area contributed by atoms with E-state index >= 15 is 0 Å². The smallest absolute Gasteiger partial charge is 0.251 e. The highest BCUT2D eigenvalue weighted by Crippen LogP contribution is 2.23. The molecule has 2 heterocycles. The minimum absolute atomic E-state index is 0.0215. The second kappa shape index (κ2) is 4.42. The van der Waals surface area contributed by atoms with Crippen molar-refractivity contribution in [2.45, 2.75) is 18.9 Å². The van der Waals surface area contributed by atoms with Crippen LogP contribution in [0.2, 0.25) is 0 Å². The highest BCUT2D eigenvalue weighted by Gasteiger charge is 2.21. The Morgan fingerprint density at radius 2 is 2.33 bits per heavy atom. The summed E-state index contributed by atoms with van der Waals surface area (Å²) in [5, 5.41) is 5.67. The third-order valence-corrected chi connectivity index (χ3v) is 3.26. The second-order valence-corrected chi connectivity index (χ2v) is 4.63. The lowest BCUT2D eigenvalue weighted by Crippen LogP contribution is -2.35. The van der Waals surface area contributed by atoms with Crippen molar-refractivity contribution in [2.75, 3.05) is 18.5 Å². The first kappa shape index (κ1) is 11.2. The van der Waals surface area contributed by atoms with E-state index in [1.54, 1.807) is 18.2 Å². The van der Waals surface area contributed by atoms with Crippen LogP contribution >= 0.6 is 0 Å². The standard InChI is InChI=1S/C13H14N2O3/c16-12-6-9-5-8(1-2-11(9)15-12)13(17)14-10-3-4-18-7-10/h1-2,5,10H,3-4,6-7H2,(H,14,17)(H,15,16). The first-order valence-electron chi connectivity index (χ1n) is 6.04. The Morgan fingerprint density at radius 3 is 3.11 bits per heavy atom. The van der Waals surface area contributed by atoms with E-state index in [1.165, 1.54) is 0 Å². The molecule has 1 aromatic rings. The predicted molar refractivity (Wildman–Crippen MR) is 65.5 cm³/mol. The molecule has 1 aromatic carbocycles. The summed E-state index contributed by atoms with van der Waals surface area (Å²) in [5.41, 5.74) is 2.29. The maximum absolute atomic E-state index is 12.0. The van der Waals surface area contributed by atoms with E-state index in [4.69, 9.17) is 4.74 Å². The van der Waals surface area contributed by atoms with Gasteiger partial charge in [-0.1, -0.05) is 0 Å². The average Bonchev–Trinajstić information content (AvgIpc) is 2.95. The lowest BCUT2D eigenvalue weighted by Gasteiger charge is -2.11. The fraction of sp³-hybridized carbons (Fsp3) is 0.385. The summed E-state index contributed by atoms with van der Waals surface area (Å²) in [6.45, 7) is 1.28. The van der Waals surface area contributed by atoms with Crippen molar-refractivity contribution in [1.82, 2.24) is 5.32 Å². The molecule has 0 aromatic heterocycles. The van der Waals surface area contributed by atoms with Gasteiger partial charge in [-0.3, -0.25) is 9.59 Å². The Hall–Kier alpha value is -1.88. The number of hydrogen-bond acceptors (Lipinski definition) is 3. The summed E-state index contributed by atoms with van der Waals surface area (Å²) in [4.78, 5) is 23.2. The third kappa shape index (κ3) is 2.09. The molecule has 2 aliphatic rings. The molecular formula is C13H14N2O3. The van der Waals surface area contributed by atoms with Gasteiger partial charge >= 0.3 is 0 Å². The van der Waals surface area contributed by atoms with Gasteiger partial charge in [0.15, 0.2) is 0 Å². The summed E-state index contributed by atoms with van der Waals surface area (Å²) < 4.78 is 5.21. The topological polar surface area (TPSA) is 67.4 Å². The number of ether oxygens (including phenoxy) is 1. The molecule has 0 saturated carbocycles. The Balaban J connectivity index is 1.74. The highest BCUT2D eigenvalue weighted by molar-refractivity contribution is 6.01. The molecule has 2 amide bonds. The summed E-state index contributed by atoms with van der Waals surface area (Å²) >= 11 is 0. The largest absolute Gasteiger partial charge is 0.379 e. The molecule has 2 N–H and O–H groups in total. The van der Waals surface area contributed by atoms with Crippen molar-refractivity contribution in [3.05, 3.63) is 29.3 Å². The molecule has 5 heteroatoms. The van der Waals surface area contributed by atoms with Crippen molar-refractivity contribution < 1.29 is 14.3 Å². The Bertz CT molecular complexity index is 507. The van der Waals surface area contributed by atoms with E-state index < -0.39 is 0 Å². The van der Waals surface area contributed by atoms with Crippen LogP contribution in [0.3, 0.4) is 0 Å². The van der Waals surface area contributed by atoms with E-state index in [0.29, 0.717) is 25.2 Å². The van der Waals surface area contributed by atoms with Crippen LogP contribution in [0.1, 0.15) is 22.3 Å². The zero-order chi connectivity index (χ0) is 12.5. The lowest BCUT2D eigenvalue weighted by atomic mass is 10.1. The van der Waals surface area contributed by atoms with Crippen molar-refractivity contribution in [3.8, 4) is 0 Å². The zero-order valence-corrected chi connectivity index (χ0v) is 9.86. The quantitative estimate of drug-likeness (QED) is 0.807. The number of carbonyl (C=O) groups is 2. The van der Waals surface area contributed by atoms with E-state index in [1.807, 2.05) is 0 Å². The molecule has 0 bridgehead atoms. The molecule has 1 fully saturated rings. The first-order valence-corrected chi connectivity index (χ1v) is 6.04. The zero-order valence-electron chi connectivity index (χ0n) is 9.86. The summed E-state index contributed by atoms with van der Waals surface area (Å²) in [6, 6.07) is 5.39. The molecular weight excluding hydrogens is 232 g/mol. The normalized spacial score (nSPS) is 21.6. The number of nitrogens with one attached hydrogen (secondary N) is 2. The molecule has 0 spiro atoms. The van der Waals surface area contributed by atoms with E-state index in [0.717, 1.165) is 17.7 Å². The van der Waals surface area contributed by atoms with Gasteiger partial charge in [-0.25, -0.2) is 0 Å². The lowest BCUT2D eigenvalue weighted by molar-refractivity contribution is -0.115. The second-order valence-electron chi connectivity index (χ2n) is 4.63. The monoisotopic (exact) mass is 246 g/mol. The maximum Gasteiger partial charge on any atom is 0.251 e. The van der Waals surface area contributed by atoms with Gasteiger partial charge in [-0.2, -0.15) is 0 Å². The van der Waals surface area contributed by atoms with Gasteiger partial charge < -0.3 is 15.4 Å². The fourth-order valence-electron chi connectivity index (χ4n) is 2.29. The third-order valence-electron chi connectivity index (χ3n) is 3.26. The van der Waals surface area contributed by atoms with Crippen molar-refractivity contribution >= 4 is 17.5 Å². The average molecular weight is 246 g/mol. The maximum atomic E-state index is 12.0. The summed E-state index contributed by atoms with van der Waals surface area (Å²) in [6.07, 6.45) is 1.21. The Labute approximate surface area is 105 Å². The van der Waals surface area contributed by atoms with Crippen LogP contribution in [0.4, 0.5) is 5.69 Å². The molecule has 3 rings (SSSR count). The number of rotatable bonds is 2. The summed E-state index contributed by atoms with van der Waals surface area (Å²) in [7, 11) is 0. The van der Waals surface area contributed by atoms with Gasteiger partial charge in [0.25, 0.3) is 5.91 Å². The fourth-order valence-corrected chi connectivity index (χ4v) is 2.29. The molecule has 1 unspecified atom stereocenters. The van der Waals surface area contributed by atoms with Gasteiger partial charge in [0, 0.05) is 17.9 Å². The SMILES string of the molecule is O=C1Cc2cc(C(=O)NC3CCOC3)ccc2N1. The predicted octanol–water partition coefficient (Wildman–Crippen LogP) is 0.700. The summed E-state index contributed by atoms with van der Waals surface area (Å²) in [5.74, 6) is -0.126. The van der Waals surface area contributed by atoms with E-state index in [9.17, 15) is 9.59 Å². The molecule has 0 aliphatic carbocycles. The van der Waals surface area contributed by atoms with Gasteiger partial charge in [0.2, 0.25) is 5.91 Å². The van der Waals surface area contributed by atoms with Gasteiger partial charge in [0.05, 0.1) is 19.1 Å². The van der Waals surface area contributed by atoms with Crippen LogP contribution in [-0.2, 0) is 16.0 Å².